The van der Waals surface area contributed by atoms with Gasteiger partial charge in [0.1, 0.15) is 29.9 Å². The number of hydrazine groups is 2. The Morgan fingerprint density at radius 3 is 2.78 bits per heavy atom. The molecule has 20 heteroatoms. The number of hydrogen-bond donors (Lipinski definition) is 5. The molecule has 41 heavy (non-hydrogen) atoms. The molecule has 1 aromatic rings. The first-order chi connectivity index (χ1) is 19.1. The van der Waals surface area contributed by atoms with Gasteiger partial charge >= 0.3 is 41.6 Å². The molecule has 0 aromatic carbocycles. The number of nitrogens with one attached hydrogen (secondary N) is 2. The summed E-state index contributed by atoms with van der Waals surface area (Å²) in [6.07, 6.45) is 3.22. The summed E-state index contributed by atoms with van der Waals surface area (Å²) in [6.45, 7) is 1.79. The Labute approximate surface area is 267 Å². The summed E-state index contributed by atoms with van der Waals surface area (Å²) in [6, 6.07) is -1.70. The number of aromatic nitrogens is 1. The number of carbonyl (C=O) groups is 4. The van der Waals surface area contributed by atoms with E-state index < -0.39 is 35.2 Å². The molecule has 0 aliphatic carbocycles. The van der Waals surface area contributed by atoms with E-state index in [4.69, 9.17) is 16.3 Å². The number of carbonyl (C=O) groups excluding carboxylic acids is 3. The summed E-state index contributed by atoms with van der Waals surface area (Å²) < 4.78 is 0. The zero-order chi connectivity index (χ0) is 28.7. The Hall–Kier alpha value is -3.07. The molecule has 1 fully saturated rings. The topological polar surface area (TPSA) is 221 Å². The zero-order valence-electron chi connectivity index (χ0n) is 20.9. The first-order valence-electron chi connectivity index (χ1n) is 11.4. The van der Waals surface area contributed by atoms with Gasteiger partial charge in [-0.25, -0.2) is 29.6 Å². The molecule has 5 heterocycles. The number of amides is 4. The number of β-lactam (4-membered cyclic amide) rings is 1. The van der Waals surface area contributed by atoms with Crippen molar-refractivity contribution in [3.63, 3.8) is 0 Å². The molecule has 0 radical (unpaired) electrons. The maximum atomic E-state index is 13.1. The minimum atomic E-state index is -1.26. The molecule has 1 saturated heterocycles. The van der Waals surface area contributed by atoms with Crippen LogP contribution in [-0.4, -0.2) is 120 Å². The van der Waals surface area contributed by atoms with Gasteiger partial charge in [0.25, 0.3) is 11.8 Å². The average molecular weight is 631 g/mol. The molecule has 4 aliphatic rings. The Bertz CT molecular complexity index is 1470. The van der Waals surface area contributed by atoms with Gasteiger partial charge in [0.05, 0.1) is 11.2 Å². The van der Waals surface area contributed by atoms with Crippen LogP contribution < -0.4 is 22.3 Å². The van der Waals surface area contributed by atoms with E-state index in [0.29, 0.717) is 27.9 Å². The fourth-order valence-electron chi connectivity index (χ4n) is 4.13. The third-order valence-corrected chi connectivity index (χ3v) is 8.96. The van der Waals surface area contributed by atoms with Gasteiger partial charge in [-0.1, -0.05) is 5.16 Å². The predicted molar refractivity (Wildman–Crippen MR) is 155 cm³/mol. The molecule has 0 spiro atoms. The molecular formula is C21H23N10NaO6S3. The van der Waals surface area contributed by atoms with Crippen LogP contribution in [0.4, 0.5) is 9.93 Å². The number of nitrogens with two attached hydrogens (primary N) is 2. The van der Waals surface area contributed by atoms with E-state index in [-0.39, 0.29) is 57.5 Å². The number of nitrogens with zero attached hydrogens (tertiary/aromatic N) is 6. The molecular weight excluding hydrogens is 607 g/mol. The number of aliphatic imine (C=N–C) groups is 1. The first kappa shape index (κ1) is 30.9. The third kappa shape index (κ3) is 5.96. The maximum absolute atomic E-state index is 13.1. The SMILES string of the molecule is CON=C(C(=O)N[C@@H]1C(=O)N2C(C(=O)O)=C(CSC3=CC(C)=NC4=CN(C(N)=O)NN43)CS[C@H]12)c1csc(N)n1.[NaH]. The Balaban J connectivity index is 0.00000387. The van der Waals surface area contributed by atoms with E-state index in [0.717, 1.165) is 16.3 Å². The normalized spacial score (nSPS) is 21.6. The molecule has 1 aromatic heterocycles. The summed E-state index contributed by atoms with van der Waals surface area (Å²) >= 11 is 3.75. The number of oxime groups is 1. The van der Waals surface area contributed by atoms with E-state index in [1.165, 1.54) is 47.1 Å². The monoisotopic (exact) mass is 630 g/mol. The van der Waals surface area contributed by atoms with Crippen LogP contribution in [0.2, 0.25) is 0 Å². The molecule has 0 unspecified atom stereocenters. The number of carboxylic acid groups (broad SMARTS) is 1. The van der Waals surface area contributed by atoms with Crippen molar-refractivity contribution in [3.8, 4) is 0 Å². The van der Waals surface area contributed by atoms with E-state index in [1.54, 1.807) is 18.0 Å². The number of urea groups is 1. The first-order valence-corrected chi connectivity index (χ1v) is 14.3. The van der Waals surface area contributed by atoms with Crippen LogP contribution in [0.15, 0.2) is 49.9 Å². The van der Waals surface area contributed by atoms with Crippen LogP contribution in [-0.2, 0) is 19.2 Å². The van der Waals surface area contributed by atoms with Crippen LogP contribution in [0.5, 0.6) is 0 Å². The summed E-state index contributed by atoms with van der Waals surface area (Å²) in [7, 11) is 1.27. The molecule has 5 rings (SSSR count). The van der Waals surface area contributed by atoms with Crippen molar-refractivity contribution in [2.45, 2.75) is 18.3 Å². The Morgan fingerprint density at radius 1 is 1.39 bits per heavy atom. The van der Waals surface area contributed by atoms with Crippen molar-refractivity contribution in [1.82, 2.24) is 30.8 Å². The molecule has 2 atom stereocenters. The molecule has 4 aliphatic heterocycles. The Morgan fingerprint density at radius 2 is 2.15 bits per heavy atom. The van der Waals surface area contributed by atoms with Crippen LogP contribution in [0.1, 0.15) is 12.6 Å². The van der Waals surface area contributed by atoms with Crippen molar-refractivity contribution < 1.29 is 29.1 Å². The number of rotatable bonds is 8. The van der Waals surface area contributed by atoms with Gasteiger partial charge in [-0.2, -0.15) is 0 Å². The van der Waals surface area contributed by atoms with Gasteiger partial charge in [-0.3, -0.25) is 14.5 Å². The number of anilines is 1. The summed E-state index contributed by atoms with van der Waals surface area (Å²) in [4.78, 5) is 64.2. The fraction of sp³-hybridized carbons (Fsp3) is 0.286. The van der Waals surface area contributed by atoms with Gasteiger partial charge in [-0.05, 0) is 18.6 Å². The molecule has 0 bridgehead atoms. The van der Waals surface area contributed by atoms with Gasteiger partial charge in [0, 0.05) is 22.6 Å². The van der Waals surface area contributed by atoms with Crippen LogP contribution in [0.3, 0.4) is 0 Å². The van der Waals surface area contributed by atoms with Crippen LogP contribution in [0.25, 0.3) is 0 Å². The van der Waals surface area contributed by atoms with Crippen molar-refractivity contribution >= 4 is 105 Å². The summed E-state index contributed by atoms with van der Waals surface area (Å²) in [5.74, 6) is -1.54. The summed E-state index contributed by atoms with van der Waals surface area (Å²) in [5.41, 5.74) is 14.9. The van der Waals surface area contributed by atoms with Gasteiger partial charge in [-0.15, -0.1) is 40.4 Å². The van der Waals surface area contributed by atoms with Crippen LogP contribution in [0, 0.1) is 0 Å². The molecule has 212 valence electrons. The van der Waals surface area contributed by atoms with Crippen LogP contribution >= 0.6 is 34.9 Å². The van der Waals surface area contributed by atoms with Gasteiger partial charge < -0.3 is 26.7 Å². The Kier molecular flexibility index (Phi) is 9.36. The number of allylic oxidation sites excluding steroid dienone is 1. The van der Waals surface area contributed by atoms with Gasteiger partial charge in [0.15, 0.2) is 16.7 Å². The minimum absolute atomic E-state index is 0. The molecule has 7 N–H and O–H groups in total. The van der Waals surface area contributed by atoms with Crippen molar-refractivity contribution in [2.75, 3.05) is 24.3 Å². The number of primary amides is 1. The van der Waals surface area contributed by atoms with E-state index in [2.05, 4.69) is 26.0 Å². The number of fused-ring (bicyclic) bond motifs is 2. The number of thiazole rings is 1. The van der Waals surface area contributed by atoms with Crippen molar-refractivity contribution in [2.24, 2.45) is 15.9 Å². The van der Waals surface area contributed by atoms with Gasteiger partial charge in [0.2, 0.25) is 0 Å². The second-order valence-electron chi connectivity index (χ2n) is 8.47. The number of thioether (sulfide) groups is 2. The van der Waals surface area contributed by atoms with Crippen molar-refractivity contribution in [3.05, 3.63) is 45.5 Å². The number of carboxylic acids is 1. The standard InChI is InChI=1S/C21H22N10O6S3.Na.H/c1-8-3-12(31-11(24-8)4-29(28-31)21(23)36)38-5-9-6-39-18-14(17(33)30(18)15(9)19(34)35)26-16(32)13(27-37-2)10-7-40-20(22)25-10;;/h3-4,7,14,18,28H,5-6H2,1-2H3,(H2,22,25)(H2,23,36)(H,26,32)(H,34,35);;/t14-,18-;;/m1../s1. The third-order valence-electron chi connectivity index (χ3n) is 5.86. The molecule has 0 saturated carbocycles. The number of aliphatic carboxylic acids is 1. The van der Waals surface area contributed by atoms with E-state index in [1.807, 2.05) is 0 Å². The summed E-state index contributed by atoms with van der Waals surface area (Å²) in [5, 5.41) is 20.8. The predicted octanol–water partition coefficient (Wildman–Crippen LogP) is -0.870. The molecule has 16 nitrogen and oxygen atoms in total. The average Bonchev–Trinajstić information content (AvgIpc) is 3.54. The fourth-order valence-corrected chi connectivity index (χ4v) is 7.24. The quantitative estimate of drug-likeness (QED) is 0.102. The molecule has 4 amide bonds. The van der Waals surface area contributed by atoms with Crippen molar-refractivity contribution in [1.29, 1.82) is 0 Å². The number of nitrogen functional groups attached to an aromatic ring is 1. The zero-order valence-corrected chi connectivity index (χ0v) is 23.3. The second kappa shape index (κ2) is 12.4. The van der Waals surface area contributed by atoms with E-state index >= 15 is 0 Å². The second-order valence-corrected chi connectivity index (χ2v) is 11.5. The number of hydrogen-bond acceptors (Lipinski definition) is 14. The van der Waals surface area contributed by atoms with E-state index in [9.17, 15) is 24.3 Å².